The van der Waals surface area contributed by atoms with Gasteiger partial charge in [-0.05, 0) is 24.6 Å². The van der Waals surface area contributed by atoms with Gasteiger partial charge < -0.3 is 14.4 Å². The lowest BCUT2D eigenvalue weighted by Crippen LogP contribution is -2.26. The van der Waals surface area contributed by atoms with E-state index in [1.54, 1.807) is 31.3 Å². The predicted molar refractivity (Wildman–Crippen MR) is 71.2 cm³/mol. The van der Waals surface area contributed by atoms with Crippen LogP contribution in [0.3, 0.4) is 0 Å². The summed E-state index contributed by atoms with van der Waals surface area (Å²) in [5.74, 6) is 0.113. The summed E-state index contributed by atoms with van der Waals surface area (Å²) in [5.41, 5.74) is 0.837. The van der Waals surface area contributed by atoms with Crippen molar-refractivity contribution in [2.24, 2.45) is 0 Å². The summed E-state index contributed by atoms with van der Waals surface area (Å²) >= 11 is 0. The van der Waals surface area contributed by atoms with Crippen molar-refractivity contribution in [2.75, 3.05) is 13.6 Å². The van der Waals surface area contributed by atoms with Crippen molar-refractivity contribution in [1.29, 1.82) is 0 Å². The fraction of sp³-hybridized carbons (Fsp3) is 0.357. The van der Waals surface area contributed by atoms with Crippen molar-refractivity contribution < 1.29 is 28.7 Å². The molecule has 1 amide bonds. The highest BCUT2D eigenvalue weighted by molar-refractivity contribution is 5.69. The largest absolute Gasteiger partial charge is 0.445 e. The molecular weight excluding hydrogens is 278 g/mol. The number of hydrogen-bond donors (Lipinski definition) is 0. The van der Waals surface area contributed by atoms with E-state index >= 15 is 0 Å². The van der Waals surface area contributed by atoms with E-state index in [1.807, 2.05) is 6.92 Å². The zero-order valence-corrected chi connectivity index (χ0v) is 12.1. The monoisotopic (exact) mass is 295 g/mol. The Hall–Kier alpha value is -2.66. The first-order chi connectivity index (χ1) is 9.94. The standard InChI is InChI=1S/C13H17NO4.CO2/c1-4-14(3)13(16)17-9-11-5-7-12(8-6-11)18-10(2)15;2-1-3/h5-8H,4,9H2,1-3H3;. The first-order valence-electron chi connectivity index (χ1n) is 6.09. The summed E-state index contributed by atoms with van der Waals surface area (Å²) in [5, 5.41) is 0. The number of amides is 1. The Morgan fingerprint density at radius 1 is 1.19 bits per heavy atom. The van der Waals surface area contributed by atoms with Gasteiger partial charge in [0.2, 0.25) is 0 Å². The topological polar surface area (TPSA) is 90.0 Å². The van der Waals surface area contributed by atoms with Crippen LogP contribution in [-0.4, -0.2) is 36.7 Å². The van der Waals surface area contributed by atoms with E-state index in [0.29, 0.717) is 12.3 Å². The van der Waals surface area contributed by atoms with E-state index < -0.39 is 0 Å². The molecule has 0 aliphatic heterocycles. The molecule has 0 atom stereocenters. The number of carbonyl (C=O) groups is 2. The third kappa shape index (κ3) is 8.18. The quantitative estimate of drug-likeness (QED) is 0.619. The number of rotatable bonds is 4. The van der Waals surface area contributed by atoms with E-state index in [4.69, 9.17) is 19.1 Å². The van der Waals surface area contributed by atoms with Crippen LogP contribution in [0.5, 0.6) is 5.75 Å². The number of nitrogens with zero attached hydrogens (tertiary/aromatic N) is 1. The van der Waals surface area contributed by atoms with Crippen molar-refractivity contribution in [3.05, 3.63) is 29.8 Å². The smallest absolute Gasteiger partial charge is 0.409 e. The van der Waals surface area contributed by atoms with E-state index in [0.717, 1.165) is 5.56 Å². The third-order valence-corrected chi connectivity index (χ3v) is 2.33. The SMILES string of the molecule is CCN(C)C(=O)OCc1ccc(OC(C)=O)cc1.O=C=O. The molecule has 7 nitrogen and oxygen atoms in total. The molecule has 0 unspecified atom stereocenters. The molecule has 7 heteroatoms. The lowest BCUT2D eigenvalue weighted by Gasteiger charge is -2.14. The summed E-state index contributed by atoms with van der Waals surface area (Å²) in [6, 6.07) is 6.82. The first-order valence-corrected chi connectivity index (χ1v) is 6.09. The molecule has 1 rings (SSSR count). The Bertz CT molecular complexity index is 491. The maximum Gasteiger partial charge on any atom is 0.409 e. The Kier molecular flexibility index (Phi) is 8.88. The molecule has 0 radical (unpaired) electrons. The van der Waals surface area contributed by atoms with Gasteiger partial charge in [0, 0.05) is 20.5 Å². The maximum absolute atomic E-state index is 11.4. The Morgan fingerprint density at radius 2 is 1.71 bits per heavy atom. The lowest BCUT2D eigenvalue weighted by atomic mass is 10.2. The third-order valence-electron chi connectivity index (χ3n) is 2.33. The van der Waals surface area contributed by atoms with Crippen LogP contribution in [-0.2, 0) is 25.7 Å². The van der Waals surface area contributed by atoms with Crippen LogP contribution in [0.25, 0.3) is 0 Å². The Labute approximate surface area is 122 Å². The molecule has 0 saturated carbocycles. The van der Waals surface area contributed by atoms with Gasteiger partial charge in [0.1, 0.15) is 12.4 Å². The van der Waals surface area contributed by atoms with Crippen LogP contribution < -0.4 is 4.74 Å². The van der Waals surface area contributed by atoms with E-state index in [9.17, 15) is 9.59 Å². The molecule has 21 heavy (non-hydrogen) atoms. The van der Waals surface area contributed by atoms with Crippen LogP contribution in [0.4, 0.5) is 4.79 Å². The molecule has 114 valence electrons. The number of hydrogen-bond acceptors (Lipinski definition) is 6. The molecule has 0 N–H and O–H groups in total. The van der Waals surface area contributed by atoms with Gasteiger partial charge in [-0.25, -0.2) is 4.79 Å². The van der Waals surface area contributed by atoms with Crippen molar-refractivity contribution in [2.45, 2.75) is 20.5 Å². The van der Waals surface area contributed by atoms with Crippen LogP contribution in [0.2, 0.25) is 0 Å². The Balaban J connectivity index is 0.00000122. The van der Waals surface area contributed by atoms with Gasteiger partial charge in [-0.1, -0.05) is 12.1 Å². The van der Waals surface area contributed by atoms with Gasteiger partial charge in [-0.3, -0.25) is 4.79 Å². The minimum absolute atomic E-state index is 0.198. The maximum atomic E-state index is 11.4. The molecule has 1 aromatic carbocycles. The minimum Gasteiger partial charge on any atom is -0.445 e. The molecule has 0 aliphatic rings. The molecule has 0 spiro atoms. The number of esters is 1. The second kappa shape index (κ2) is 10.2. The fourth-order valence-corrected chi connectivity index (χ4v) is 1.20. The average Bonchev–Trinajstić information content (AvgIpc) is 2.45. The second-order valence-electron chi connectivity index (χ2n) is 3.89. The van der Waals surface area contributed by atoms with E-state index in [-0.39, 0.29) is 24.8 Å². The highest BCUT2D eigenvalue weighted by atomic mass is 16.6. The summed E-state index contributed by atoms with van der Waals surface area (Å²) in [6.07, 6.45) is -0.110. The van der Waals surface area contributed by atoms with Crippen molar-refractivity contribution in [1.82, 2.24) is 4.90 Å². The number of ether oxygens (including phenoxy) is 2. The second-order valence-corrected chi connectivity index (χ2v) is 3.89. The van der Waals surface area contributed by atoms with Gasteiger partial charge in [0.05, 0.1) is 0 Å². The minimum atomic E-state index is -0.362. The van der Waals surface area contributed by atoms with Gasteiger partial charge >= 0.3 is 18.2 Å². The molecule has 0 fully saturated rings. The van der Waals surface area contributed by atoms with Crippen LogP contribution in [0, 0.1) is 0 Å². The van der Waals surface area contributed by atoms with Crippen LogP contribution in [0.15, 0.2) is 24.3 Å². The van der Waals surface area contributed by atoms with Crippen molar-refractivity contribution in [3.63, 3.8) is 0 Å². The molecule has 0 aliphatic carbocycles. The molecule has 0 heterocycles. The summed E-state index contributed by atoms with van der Waals surface area (Å²) in [6.45, 7) is 4.01. The predicted octanol–water partition coefficient (Wildman–Crippen LogP) is 1.62. The van der Waals surface area contributed by atoms with Crippen LogP contribution >= 0.6 is 0 Å². The van der Waals surface area contributed by atoms with E-state index in [1.165, 1.54) is 11.8 Å². The molecule has 0 aromatic heterocycles. The first kappa shape index (κ1) is 18.3. The zero-order valence-electron chi connectivity index (χ0n) is 12.1. The normalized spacial score (nSPS) is 8.71. The van der Waals surface area contributed by atoms with Gasteiger partial charge in [0.25, 0.3) is 0 Å². The van der Waals surface area contributed by atoms with Crippen LogP contribution in [0.1, 0.15) is 19.4 Å². The fourth-order valence-electron chi connectivity index (χ4n) is 1.20. The molecule has 0 bridgehead atoms. The lowest BCUT2D eigenvalue weighted by molar-refractivity contribution is -0.191. The summed E-state index contributed by atoms with van der Waals surface area (Å²) in [4.78, 5) is 39.8. The summed E-state index contributed by atoms with van der Waals surface area (Å²) in [7, 11) is 1.67. The number of carbonyl (C=O) groups excluding carboxylic acids is 4. The molecular formula is C14H17NO6. The van der Waals surface area contributed by atoms with Gasteiger partial charge in [0.15, 0.2) is 0 Å². The number of benzene rings is 1. The van der Waals surface area contributed by atoms with Crippen molar-refractivity contribution in [3.8, 4) is 5.75 Å². The molecule has 1 aromatic rings. The summed E-state index contributed by atoms with van der Waals surface area (Å²) < 4.78 is 9.98. The Morgan fingerprint density at radius 3 is 2.14 bits per heavy atom. The van der Waals surface area contributed by atoms with E-state index in [2.05, 4.69) is 0 Å². The highest BCUT2D eigenvalue weighted by Gasteiger charge is 2.07. The molecule has 0 saturated heterocycles. The van der Waals surface area contributed by atoms with Gasteiger partial charge in [-0.2, -0.15) is 9.59 Å². The zero-order chi connectivity index (χ0) is 16.3. The van der Waals surface area contributed by atoms with Gasteiger partial charge in [-0.15, -0.1) is 0 Å². The average molecular weight is 295 g/mol. The highest BCUT2D eigenvalue weighted by Crippen LogP contribution is 2.13. The van der Waals surface area contributed by atoms with Crippen molar-refractivity contribution >= 4 is 18.2 Å².